The summed E-state index contributed by atoms with van der Waals surface area (Å²) in [4.78, 5) is 22.8. The molecule has 0 radical (unpaired) electrons. The van der Waals surface area contributed by atoms with Gasteiger partial charge >= 0.3 is 0 Å². The average molecular weight is 329 g/mol. The zero-order valence-corrected chi connectivity index (χ0v) is 13.5. The fourth-order valence-electron chi connectivity index (χ4n) is 2.23. The molecular formula is C19H15N5O. The molecule has 1 N–H and O–H groups in total. The SMILES string of the molecule is CN(c1ccccc1)c1nccc(C(=O)Nc2ccc(C#N)cc2)n1. The third-order valence-electron chi connectivity index (χ3n) is 3.59. The van der Waals surface area contributed by atoms with E-state index in [0.29, 0.717) is 17.2 Å². The van der Waals surface area contributed by atoms with Gasteiger partial charge in [0.1, 0.15) is 5.69 Å². The molecule has 0 aliphatic rings. The number of para-hydroxylation sites is 1. The molecule has 0 spiro atoms. The Balaban J connectivity index is 1.78. The first-order valence-corrected chi connectivity index (χ1v) is 7.61. The minimum atomic E-state index is -0.338. The van der Waals surface area contributed by atoms with Crippen molar-refractivity contribution in [3.63, 3.8) is 0 Å². The maximum absolute atomic E-state index is 12.4. The minimum absolute atomic E-state index is 0.261. The number of anilines is 3. The Morgan fingerprint density at radius 1 is 1.08 bits per heavy atom. The van der Waals surface area contributed by atoms with Crippen molar-refractivity contribution in [3.05, 3.63) is 78.1 Å². The van der Waals surface area contributed by atoms with Crippen LogP contribution in [0.4, 0.5) is 17.3 Å². The highest BCUT2D eigenvalue weighted by Crippen LogP contribution is 2.19. The topological polar surface area (TPSA) is 81.9 Å². The molecule has 6 heteroatoms. The fraction of sp³-hybridized carbons (Fsp3) is 0.0526. The Labute approximate surface area is 145 Å². The molecule has 122 valence electrons. The van der Waals surface area contributed by atoms with E-state index < -0.39 is 0 Å². The van der Waals surface area contributed by atoms with Crippen LogP contribution >= 0.6 is 0 Å². The zero-order valence-electron chi connectivity index (χ0n) is 13.5. The molecule has 0 fully saturated rings. The van der Waals surface area contributed by atoms with Gasteiger partial charge in [0, 0.05) is 24.6 Å². The van der Waals surface area contributed by atoms with E-state index in [1.165, 1.54) is 0 Å². The summed E-state index contributed by atoms with van der Waals surface area (Å²) in [6.07, 6.45) is 1.55. The van der Waals surface area contributed by atoms with Gasteiger partial charge in [-0.05, 0) is 42.5 Å². The maximum Gasteiger partial charge on any atom is 0.274 e. The fourth-order valence-corrected chi connectivity index (χ4v) is 2.23. The van der Waals surface area contributed by atoms with Gasteiger partial charge in [-0.3, -0.25) is 4.79 Å². The molecular weight excluding hydrogens is 314 g/mol. The van der Waals surface area contributed by atoms with Gasteiger partial charge in [0.15, 0.2) is 0 Å². The van der Waals surface area contributed by atoms with Crippen molar-refractivity contribution in [1.29, 1.82) is 5.26 Å². The lowest BCUT2D eigenvalue weighted by atomic mass is 10.2. The van der Waals surface area contributed by atoms with E-state index in [4.69, 9.17) is 5.26 Å². The summed E-state index contributed by atoms with van der Waals surface area (Å²) in [7, 11) is 1.84. The van der Waals surface area contributed by atoms with Crippen molar-refractivity contribution < 1.29 is 4.79 Å². The van der Waals surface area contributed by atoms with E-state index >= 15 is 0 Å². The predicted octanol–water partition coefficient (Wildman–Crippen LogP) is 3.37. The number of rotatable bonds is 4. The van der Waals surface area contributed by atoms with Crippen LogP contribution in [0.2, 0.25) is 0 Å². The maximum atomic E-state index is 12.4. The zero-order chi connectivity index (χ0) is 17.6. The lowest BCUT2D eigenvalue weighted by molar-refractivity contribution is 0.102. The summed E-state index contributed by atoms with van der Waals surface area (Å²) in [5.41, 5.74) is 2.32. The average Bonchev–Trinajstić information content (AvgIpc) is 2.68. The van der Waals surface area contributed by atoms with Gasteiger partial charge in [0.2, 0.25) is 5.95 Å². The first-order chi connectivity index (χ1) is 12.2. The summed E-state index contributed by atoms with van der Waals surface area (Å²) in [6.45, 7) is 0. The molecule has 1 amide bonds. The molecule has 6 nitrogen and oxygen atoms in total. The molecule has 3 rings (SSSR count). The Kier molecular flexibility index (Phi) is 4.67. The van der Waals surface area contributed by atoms with Gasteiger partial charge in [-0.15, -0.1) is 0 Å². The highest BCUT2D eigenvalue weighted by Gasteiger charge is 2.12. The van der Waals surface area contributed by atoms with Gasteiger partial charge < -0.3 is 10.2 Å². The standard InChI is InChI=1S/C19H15N5O/c1-24(16-5-3-2-4-6-16)19-21-12-11-17(23-19)18(25)22-15-9-7-14(13-20)8-10-15/h2-12H,1H3,(H,22,25). The summed E-state index contributed by atoms with van der Waals surface area (Å²) >= 11 is 0. The van der Waals surface area contributed by atoms with Crippen LogP contribution in [0.15, 0.2) is 66.9 Å². The first kappa shape index (κ1) is 16.1. The quantitative estimate of drug-likeness (QED) is 0.793. The number of hydrogen-bond acceptors (Lipinski definition) is 5. The third-order valence-corrected chi connectivity index (χ3v) is 3.59. The largest absolute Gasteiger partial charge is 0.321 e. The molecule has 0 saturated carbocycles. The van der Waals surface area contributed by atoms with E-state index in [1.54, 1.807) is 41.4 Å². The highest BCUT2D eigenvalue weighted by atomic mass is 16.1. The van der Waals surface area contributed by atoms with Crippen molar-refractivity contribution in [2.45, 2.75) is 0 Å². The lowest BCUT2D eigenvalue weighted by Crippen LogP contribution is -2.18. The minimum Gasteiger partial charge on any atom is -0.321 e. The summed E-state index contributed by atoms with van der Waals surface area (Å²) < 4.78 is 0. The number of carbonyl (C=O) groups is 1. The number of nitrogens with zero attached hydrogens (tertiary/aromatic N) is 4. The highest BCUT2D eigenvalue weighted by molar-refractivity contribution is 6.03. The van der Waals surface area contributed by atoms with Gasteiger partial charge in [0.25, 0.3) is 5.91 Å². The van der Waals surface area contributed by atoms with E-state index in [2.05, 4.69) is 15.3 Å². The van der Waals surface area contributed by atoms with Gasteiger partial charge in [-0.25, -0.2) is 9.97 Å². The van der Waals surface area contributed by atoms with Gasteiger partial charge in [-0.1, -0.05) is 18.2 Å². The van der Waals surface area contributed by atoms with Crippen LogP contribution in [-0.4, -0.2) is 22.9 Å². The molecule has 0 atom stereocenters. The van der Waals surface area contributed by atoms with Crippen LogP contribution in [0, 0.1) is 11.3 Å². The molecule has 0 unspecified atom stereocenters. The molecule has 1 heterocycles. The van der Waals surface area contributed by atoms with Crippen LogP contribution in [0.25, 0.3) is 0 Å². The number of nitrogens with one attached hydrogen (secondary N) is 1. The van der Waals surface area contributed by atoms with Crippen LogP contribution < -0.4 is 10.2 Å². The Morgan fingerprint density at radius 3 is 2.48 bits per heavy atom. The van der Waals surface area contributed by atoms with Gasteiger partial charge in [0.05, 0.1) is 11.6 Å². The number of hydrogen-bond donors (Lipinski definition) is 1. The van der Waals surface area contributed by atoms with E-state index in [-0.39, 0.29) is 11.6 Å². The molecule has 0 aliphatic carbocycles. The Bertz CT molecular complexity index is 917. The second kappa shape index (κ2) is 7.23. The van der Waals surface area contributed by atoms with Crippen molar-refractivity contribution in [2.24, 2.45) is 0 Å². The number of carbonyl (C=O) groups excluding carboxylic acids is 1. The van der Waals surface area contributed by atoms with Crippen LogP contribution in [0.5, 0.6) is 0 Å². The van der Waals surface area contributed by atoms with Gasteiger partial charge in [-0.2, -0.15) is 5.26 Å². The number of nitriles is 1. The Morgan fingerprint density at radius 2 is 1.80 bits per heavy atom. The second-order valence-corrected chi connectivity index (χ2v) is 5.28. The van der Waals surface area contributed by atoms with Crippen LogP contribution in [0.3, 0.4) is 0 Å². The lowest BCUT2D eigenvalue weighted by Gasteiger charge is -2.17. The van der Waals surface area contributed by atoms with Crippen molar-refractivity contribution in [2.75, 3.05) is 17.3 Å². The van der Waals surface area contributed by atoms with Crippen LogP contribution in [-0.2, 0) is 0 Å². The number of amides is 1. The smallest absolute Gasteiger partial charge is 0.274 e. The van der Waals surface area contributed by atoms with E-state index in [1.807, 2.05) is 43.4 Å². The summed E-state index contributed by atoms with van der Waals surface area (Å²) in [5.74, 6) is 0.0912. The molecule has 0 aliphatic heterocycles. The van der Waals surface area contributed by atoms with Crippen molar-refractivity contribution in [1.82, 2.24) is 9.97 Å². The van der Waals surface area contributed by atoms with Crippen LogP contribution in [0.1, 0.15) is 16.1 Å². The van der Waals surface area contributed by atoms with E-state index in [9.17, 15) is 4.79 Å². The second-order valence-electron chi connectivity index (χ2n) is 5.28. The number of benzene rings is 2. The molecule has 2 aromatic carbocycles. The normalized spacial score (nSPS) is 9.92. The summed E-state index contributed by atoms with van der Waals surface area (Å²) in [5, 5.41) is 11.6. The third kappa shape index (κ3) is 3.79. The van der Waals surface area contributed by atoms with Crippen molar-refractivity contribution >= 4 is 23.2 Å². The molecule has 0 bridgehead atoms. The first-order valence-electron chi connectivity index (χ1n) is 7.61. The summed E-state index contributed by atoms with van der Waals surface area (Å²) in [6, 6.07) is 19.9. The number of aromatic nitrogens is 2. The molecule has 25 heavy (non-hydrogen) atoms. The molecule has 0 saturated heterocycles. The monoisotopic (exact) mass is 329 g/mol. The molecule has 1 aromatic heterocycles. The molecule has 3 aromatic rings. The Hall–Kier alpha value is -3.72. The predicted molar refractivity (Wildman–Crippen MR) is 95.6 cm³/mol. The van der Waals surface area contributed by atoms with Crippen molar-refractivity contribution in [3.8, 4) is 6.07 Å². The van der Waals surface area contributed by atoms with E-state index in [0.717, 1.165) is 5.69 Å².